The van der Waals surface area contributed by atoms with Gasteiger partial charge in [0.1, 0.15) is 6.07 Å². The quantitative estimate of drug-likeness (QED) is 0.906. The molecule has 0 saturated heterocycles. The van der Waals surface area contributed by atoms with E-state index in [4.69, 9.17) is 5.73 Å². The van der Waals surface area contributed by atoms with Crippen LogP contribution in [0.15, 0.2) is 18.2 Å². The van der Waals surface area contributed by atoms with E-state index in [0.717, 1.165) is 17.8 Å². The van der Waals surface area contributed by atoms with Crippen LogP contribution in [0.2, 0.25) is 0 Å². The topological polar surface area (TPSA) is 53.0 Å². The van der Waals surface area contributed by atoms with Gasteiger partial charge in [-0.1, -0.05) is 18.9 Å². The third kappa shape index (κ3) is 2.90. The molecule has 1 aliphatic rings. The molecule has 3 nitrogen and oxygen atoms in total. The van der Waals surface area contributed by atoms with Gasteiger partial charge in [0.25, 0.3) is 0 Å². The fourth-order valence-electron chi connectivity index (χ4n) is 3.18. The molecule has 1 aromatic carbocycles. The minimum atomic E-state index is 0.465. The maximum Gasteiger partial charge on any atom is 0.101 e. The SMILES string of the molecule is Cc1ccc(C#N)c(N(C)C2CCCCC2CN)c1. The second kappa shape index (κ2) is 6.08. The van der Waals surface area contributed by atoms with Crippen molar-refractivity contribution in [3.8, 4) is 6.07 Å². The minimum Gasteiger partial charge on any atom is -0.370 e. The molecule has 2 unspecified atom stereocenters. The van der Waals surface area contributed by atoms with E-state index in [2.05, 4.69) is 31.0 Å². The van der Waals surface area contributed by atoms with E-state index < -0.39 is 0 Å². The van der Waals surface area contributed by atoms with Crippen molar-refractivity contribution >= 4 is 5.69 Å². The monoisotopic (exact) mass is 257 g/mol. The Morgan fingerprint density at radius 2 is 2.11 bits per heavy atom. The summed E-state index contributed by atoms with van der Waals surface area (Å²) in [6.07, 6.45) is 4.93. The number of anilines is 1. The Kier molecular flexibility index (Phi) is 4.44. The van der Waals surface area contributed by atoms with Crippen molar-refractivity contribution in [2.45, 2.75) is 38.6 Å². The Labute approximate surface area is 116 Å². The number of hydrogen-bond donors (Lipinski definition) is 1. The van der Waals surface area contributed by atoms with Crippen LogP contribution < -0.4 is 10.6 Å². The molecular weight excluding hydrogens is 234 g/mol. The van der Waals surface area contributed by atoms with E-state index >= 15 is 0 Å². The van der Waals surface area contributed by atoms with Crippen LogP contribution in [0.5, 0.6) is 0 Å². The Hall–Kier alpha value is -1.53. The van der Waals surface area contributed by atoms with Crippen molar-refractivity contribution in [1.29, 1.82) is 5.26 Å². The van der Waals surface area contributed by atoms with E-state index in [1.807, 2.05) is 12.1 Å². The molecule has 0 bridgehead atoms. The van der Waals surface area contributed by atoms with Crippen LogP contribution in [0.25, 0.3) is 0 Å². The maximum atomic E-state index is 9.28. The number of benzene rings is 1. The summed E-state index contributed by atoms with van der Waals surface area (Å²) in [5, 5.41) is 9.28. The van der Waals surface area contributed by atoms with Gasteiger partial charge in [-0.05, 0) is 49.9 Å². The van der Waals surface area contributed by atoms with E-state index in [1.165, 1.54) is 31.2 Å². The highest BCUT2D eigenvalue weighted by Crippen LogP contribution is 2.32. The predicted molar refractivity (Wildman–Crippen MR) is 79.1 cm³/mol. The lowest BCUT2D eigenvalue weighted by Crippen LogP contribution is -2.43. The molecule has 19 heavy (non-hydrogen) atoms. The molecule has 0 spiro atoms. The maximum absolute atomic E-state index is 9.28. The first-order valence-corrected chi connectivity index (χ1v) is 7.11. The molecule has 1 saturated carbocycles. The number of hydrogen-bond acceptors (Lipinski definition) is 3. The summed E-state index contributed by atoms with van der Waals surface area (Å²) in [7, 11) is 2.11. The van der Waals surface area contributed by atoms with Gasteiger partial charge >= 0.3 is 0 Å². The molecule has 0 aliphatic heterocycles. The van der Waals surface area contributed by atoms with Gasteiger partial charge in [0.05, 0.1) is 11.3 Å². The zero-order chi connectivity index (χ0) is 13.8. The number of rotatable bonds is 3. The van der Waals surface area contributed by atoms with Gasteiger partial charge in [-0.3, -0.25) is 0 Å². The summed E-state index contributed by atoms with van der Waals surface area (Å²) in [5.41, 5.74) is 8.92. The average molecular weight is 257 g/mol. The average Bonchev–Trinajstić information content (AvgIpc) is 2.46. The first-order chi connectivity index (χ1) is 9.17. The normalized spacial score (nSPS) is 22.8. The largest absolute Gasteiger partial charge is 0.370 e. The summed E-state index contributed by atoms with van der Waals surface area (Å²) in [4.78, 5) is 2.28. The van der Waals surface area contributed by atoms with Crippen molar-refractivity contribution in [2.24, 2.45) is 11.7 Å². The Balaban J connectivity index is 2.30. The van der Waals surface area contributed by atoms with Crippen LogP contribution in [0, 0.1) is 24.2 Å². The van der Waals surface area contributed by atoms with Crippen LogP contribution in [0.1, 0.15) is 36.8 Å². The fraction of sp³-hybridized carbons (Fsp3) is 0.562. The first-order valence-electron chi connectivity index (χ1n) is 7.11. The Morgan fingerprint density at radius 3 is 2.79 bits per heavy atom. The smallest absolute Gasteiger partial charge is 0.101 e. The number of nitrogens with two attached hydrogens (primary N) is 1. The molecule has 2 atom stereocenters. The third-order valence-electron chi connectivity index (χ3n) is 4.32. The number of aryl methyl sites for hydroxylation is 1. The van der Waals surface area contributed by atoms with E-state index in [9.17, 15) is 5.26 Å². The second-order valence-electron chi connectivity index (χ2n) is 5.59. The van der Waals surface area contributed by atoms with Crippen molar-refractivity contribution < 1.29 is 0 Å². The van der Waals surface area contributed by atoms with Crippen molar-refractivity contribution in [2.75, 3.05) is 18.5 Å². The molecule has 1 fully saturated rings. The molecule has 2 rings (SSSR count). The molecule has 2 N–H and O–H groups in total. The molecule has 1 aliphatic carbocycles. The predicted octanol–water partition coefficient (Wildman–Crippen LogP) is 2.82. The van der Waals surface area contributed by atoms with Gasteiger partial charge in [-0.2, -0.15) is 5.26 Å². The van der Waals surface area contributed by atoms with Gasteiger partial charge in [0.2, 0.25) is 0 Å². The van der Waals surface area contributed by atoms with Crippen LogP contribution in [0.4, 0.5) is 5.69 Å². The molecule has 0 aromatic heterocycles. The van der Waals surface area contributed by atoms with Crippen LogP contribution in [-0.2, 0) is 0 Å². The van der Waals surface area contributed by atoms with E-state index in [1.54, 1.807) is 0 Å². The van der Waals surface area contributed by atoms with Gasteiger partial charge in [-0.25, -0.2) is 0 Å². The summed E-state index contributed by atoms with van der Waals surface area (Å²) in [6.45, 7) is 2.81. The van der Waals surface area contributed by atoms with Gasteiger partial charge in [0, 0.05) is 13.1 Å². The van der Waals surface area contributed by atoms with Crippen LogP contribution in [-0.4, -0.2) is 19.6 Å². The zero-order valence-electron chi connectivity index (χ0n) is 11.9. The Morgan fingerprint density at radius 1 is 1.37 bits per heavy atom. The molecular formula is C16H23N3. The van der Waals surface area contributed by atoms with Crippen LogP contribution in [0.3, 0.4) is 0 Å². The summed E-state index contributed by atoms with van der Waals surface area (Å²) in [6, 6.07) is 8.80. The van der Waals surface area contributed by atoms with Gasteiger partial charge in [0.15, 0.2) is 0 Å². The van der Waals surface area contributed by atoms with Crippen LogP contribution >= 0.6 is 0 Å². The standard InChI is InChI=1S/C16H23N3/c1-12-7-8-14(11-18)16(9-12)19(2)15-6-4-3-5-13(15)10-17/h7-9,13,15H,3-6,10,17H2,1-2H3. The zero-order valence-corrected chi connectivity index (χ0v) is 11.9. The lowest BCUT2D eigenvalue weighted by molar-refractivity contribution is 0.306. The van der Waals surface area contributed by atoms with Crippen molar-refractivity contribution in [3.63, 3.8) is 0 Å². The lowest BCUT2D eigenvalue weighted by Gasteiger charge is -2.39. The summed E-state index contributed by atoms with van der Waals surface area (Å²) in [5.74, 6) is 0.547. The lowest BCUT2D eigenvalue weighted by atomic mass is 9.83. The highest BCUT2D eigenvalue weighted by Gasteiger charge is 2.28. The molecule has 0 heterocycles. The summed E-state index contributed by atoms with van der Waals surface area (Å²) >= 11 is 0. The van der Waals surface area contributed by atoms with Gasteiger partial charge in [-0.15, -0.1) is 0 Å². The number of nitriles is 1. The molecule has 0 amide bonds. The highest BCUT2D eigenvalue weighted by molar-refractivity contribution is 5.61. The molecule has 1 aromatic rings. The highest BCUT2D eigenvalue weighted by atomic mass is 15.1. The van der Waals surface area contributed by atoms with E-state index in [-0.39, 0.29) is 0 Å². The van der Waals surface area contributed by atoms with E-state index in [0.29, 0.717) is 12.0 Å². The second-order valence-corrected chi connectivity index (χ2v) is 5.59. The third-order valence-corrected chi connectivity index (χ3v) is 4.32. The number of nitrogens with zero attached hydrogens (tertiary/aromatic N) is 2. The van der Waals surface area contributed by atoms with Crippen molar-refractivity contribution in [1.82, 2.24) is 0 Å². The minimum absolute atomic E-state index is 0.465. The first kappa shape index (κ1) is 13.9. The molecule has 0 radical (unpaired) electrons. The molecule has 102 valence electrons. The summed E-state index contributed by atoms with van der Waals surface area (Å²) < 4.78 is 0. The molecule has 3 heteroatoms. The van der Waals surface area contributed by atoms with Gasteiger partial charge < -0.3 is 10.6 Å². The fourth-order valence-corrected chi connectivity index (χ4v) is 3.18. The Bertz CT molecular complexity index is 475. The van der Waals surface area contributed by atoms with Crippen molar-refractivity contribution in [3.05, 3.63) is 29.3 Å².